The number of nitrogens with one attached hydrogen (secondary N) is 1. The average Bonchev–Trinajstić information content (AvgIpc) is 2.32. The van der Waals surface area contributed by atoms with E-state index in [0.29, 0.717) is 11.8 Å². The number of carbonyl (C=O) groups is 1. The molecule has 0 bridgehead atoms. The van der Waals surface area contributed by atoms with Crippen LogP contribution in [0.25, 0.3) is 0 Å². The van der Waals surface area contributed by atoms with E-state index in [1.165, 1.54) is 19.4 Å². The fourth-order valence-corrected chi connectivity index (χ4v) is 3.69. The lowest BCUT2D eigenvalue weighted by Crippen LogP contribution is -2.57. The van der Waals surface area contributed by atoms with Gasteiger partial charge in [-0.05, 0) is 57.8 Å². The Kier molecular flexibility index (Phi) is 5.41. The second-order valence-electron chi connectivity index (χ2n) is 8.77. The Balaban J connectivity index is 1.93. The van der Waals surface area contributed by atoms with E-state index in [0.717, 1.165) is 24.9 Å². The van der Waals surface area contributed by atoms with Gasteiger partial charge in [0.05, 0.1) is 0 Å². The van der Waals surface area contributed by atoms with Crippen LogP contribution in [0.2, 0.25) is 0 Å². The third kappa shape index (κ3) is 4.87. The number of nitrogens with zero attached hydrogens (tertiary/aromatic N) is 1. The van der Waals surface area contributed by atoms with Gasteiger partial charge in [-0.25, -0.2) is 4.79 Å². The highest BCUT2D eigenvalue weighted by molar-refractivity contribution is 5.68. The third-order valence-electron chi connectivity index (χ3n) is 5.04. The van der Waals surface area contributed by atoms with Gasteiger partial charge in [-0.2, -0.15) is 0 Å². The van der Waals surface area contributed by atoms with Gasteiger partial charge in [0.25, 0.3) is 0 Å². The van der Waals surface area contributed by atoms with Crippen molar-refractivity contribution in [1.29, 1.82) is 0 Å². The first-order valence-electron chi connectivity index (χ1n) is 8.87. The van der Waals surface area contributed by atoms with Crippen molar-refractivity contribution in [3.05, 3.63) is 0 Å². The lowest BCUT2D eigenvalue weighted by atomic mass is 9.77. The van der Waals surface area contributed by atoms with Crippen LogP contribution < -0.4 is 5.32 Å². The van der Waals surface area contributed by atoms with Crippen molar-refractivity contribution in [3.8, 4) is 0 Å². The summed E-state index contributed by atoms with van der Waals surface area (Å²) < 4.78 is 5.42. The molecular formula is C18H34N2O2. The topological polar surface area (TPSA) is 41.6 Å². The van der Waals surface area contributed by atoms with Gasteiger partial charge in [-0.1, -0.05) is 20.8 Å². The number of hydrogen-bond donors (Lipinski definition) is 1. The molecule has 22 heavy (non-hydrogen) atoms. The molecule has 128 valence electrons. The first-order chi connectivity index (χ1) is 10.1. The normalized spacial score (nSPS) is 33.4. The number of hydrogen-bond acceptors (Lipinski definition) is 3. The van der Waals surface area contributed by atoms with E-state index in [9.17, 15) is 4.79 Å². The van der Waals surface area contributed by atoms with E-state index in [1.807, 2.05) is 20.8 Å². The molecule has 4 heteroatoms. The Bertz CT molecular complexity index is 383. The summed E-state index contributed by atoms with van der Waals surface area (Å²) in [5.74, 6) is 2.18. The van der Waals surface area contributed by atoms with E-state index >= 15 is 0 Å². The first-order valence-corrected chi connectivity index (χ1v) is 8.87. The second kappa shape index (κ2) is 6.77. The van der Waals surface area contributed by atoms with Gasteiger partial charge < -0.3 is 10.1 Å². The maximum absolute atomic E-state index is 12.1. The molecule has 2 rings (SSSR count). The monoisotopic (exact) mass is 310 g/mol. The number of carbonyl (C=O) groups excluding carboxylic acids is 1. The van der Waals surface area contributed by atoms with Crippen molar-refractivity contribution in [2.24, 2.45) is 17.8 Å². The van der Waals surface area contributed by atoms with Gasteiger partial charge in [0.2, 0.25) is 0 Å². The highest BCUT2D eigenvalue weighted by Gasteiger charge is 2.37. The molecule has 1 N–H and O–H groups in total. The summed E-state index contributed by atoms with van der Waals surface area (Å²) in [6.07, 6.45) is 3.41. The van der Waals surface area contributed by atoms with Crippen molar-refractivity contribution in [1.82, 2.24) is 10.2 Å². The van der Waals surface area contributed by atoms with Crippen LogP contribution >= 0.6 is 0 Å². The van der Waals surface area contributed by atoms with E-state index in [2.05, 4.69) is 31.0 Å². The zero-order chi connectivity index (χ0) is 16.5. The van der Waals surface area contributed by atoms with E-state index in [1.54, 1.807) is 0 Å². The fraction of sp³-hybridized carbons (Fsp3) is 0.944. The Hall–Kier alpha value is -0.770. The molecule has 1 saturated carbocycles. The summed E-state index contributed by atoms with van der Waals surface area (Å²) >= 11 is 0. The molecule has 1 saturated heterocycles. The summed E-state index contributed by atoms with van der Waals surface area (Å²) in [7, 11) is 0. The minimum absolute atomic E-state index is 0.215. The van der Waals surface area contributed by atoms with Crippen LogP contribution in [0.4, 0.5) is 4.79 Å². The van der Waals surface area contributed by atoms with Gasteiger partial charge in [0.15, 0.2) is 0 Å². The standard InChI is InChI=1S/C18H34N2O2/c1-12(2)14-9-15(19-17(21)22-18(4,5)6)11-20(10-14)16-7-13(3)8-16/h12-16H,7-11H2,1-6H3,(H,19,21). The minimum atomic E-state index is -0.431. The maximum atomic E-state index is 12.1. The molecule has 0 aromatic carbocycles. The van der Waals surface area contributed by atoms with Crippen LogP contribution in [0.15, 0.2) is 0 Å². The Morgan fingerprint density at radius 3 is 2.32 bits per heavy atom. The largest absolute Gasteiger partial charge is 0.444 e. The van der Waals surface area contributed by atoms with Crippen LogP contribution in [0.1, 0.15) is 60.8 Å². The molecule has 0 spiro atoms. The summed E-state index contributed by atoms with van der Waals surface area (Å²) in [6, 6.07) is 0.936. The van der Waals surface area contributed by atoms with Crippen LogP contribution in [0, 0.1) is 17.8 Å². The number of piperidine rings is 1. The molecule has 1 amide bonds. The summed E-state index contributed by atoms with van der Waals surface area (Å²) in [6.45, 7) is 14.8. The molecule has 0 radical (unpaired) electrons. The van der Waals surface area contributed by atoms with Crippen molar-refractivity contribution < 1.29 is 9.53 Å². The summed E-state index contributed by atoms with van der Waals surface area (Å²) in [5.41, 5.74) is -0.431. The Morgan fingerprint density at radius 2 is 1.82 bits per heavy atom. The van der Waals surface area contributed by atoms with Crippen molar-refractivity contribution in [2.75, 3.05) is 13.1 Å². The van der Waals surface area contributed by atoms with Crippen molar-refractivity contribution >= 4 is 6.09 Å². The van der Waals surface area contributed by atoms with Gasteiger partial charge in [0, 0.05) is 25.2 Å². The maximum Gasteiger partial charge on any atom is 0.407 e. The van der Waals surface area contributed by atoms with Crippen LogP contribution in [0.3, 0.4) is 0 Å². The average molecular weight is 310 g/mol. The third-order valence-corrected chi connectivity index (χ3v) is 5.04. The predicted molar refractivity (Wildman–Crippen MR) is 89.9 cm³/mol. The van der Waals surface area contributed by atoms with E-state index in [4.69, 9.17) is 4.74 Å². The first kappa shape index (κ1) is 17.6. The minimum Gasteiger partial charge on any atom is -0.444 e. The highest BCUT2D eigenvalue weighted by atomic mass is 16.6. The number of ether oxygens (including phenoxy) is 1. The number of alkyl carbamates (subject to hydrolysis) is 1. The number of likely N-dealkylation sites (tertiary alicyclic amines) is 1. The van der Waals surface area contributed by atoms with E-state index in [-0.39, 0.29) is 12.1 Å². The van der Waals surface area contributed by atoms with Gasteiger partial charge in [-0.3, -0.25) is 4.90 Å². The second-order valence-corrected chi connectivity index (χ2v) is 8.77. The fourth-order valence-electron chi connectivity index (χ4n) is 3.69. The van der Waals surface area contributed by atoms with Crippen molar-refractivity contribution in [2.45, 2.75) is 78.5 Å². The summed E-state index contributed by atoms with van der Waals surface area (Å²) in [4.78, 5) is 14.7. The molecule has 2 fully saturated rings. The molecule has 2 unspecified atom stereocenters. The molecule has 1 heterocycles. The highest BCUT2D eigenvalue weighted by Crippen LogP contribution is 2.35. The van der Waals surface area contributed by atoms with Crippen LogP contribution in [-0.2, 0) is 4.74 Å². The lowest BCUT2D eigenvalue weighted by Gasteiger charge is -2.48. The molecule has 0 aromatic rings. The van der Waals surface area contributed by atoms with Gasteiger partial charge >= 0.3 is 6.09 Å². The lowest BCUT2D eigenvalue weighted by molar-refractivity contribution is 0.0147. The molecule has 1 aliphatic heterocycles. The Morgan fingerprint density at radius 1 is 1.18 bits per heavy atom. The smallest absolute Gasteiger partial charge is 0.407 e. The summed E-state index contributed by atoms with van der Waals surface area (Å²) in [5, 5.41) is 3.10. The van der Waals surface area contributed by atoms with E-state index < -0.39 is 5.60 Å². The zero-order valence-electron chi connectivity index (χ0n) is 15.2. The molecule has 2 aliphatic rings. The molecule has 1 aliphatic carbocycles. The van der Waals surface area contributed by atoms with Crippen LogP contribution in [-0.4, -0.2) is 41.8 Å². The molecule has 4 nitrogen and oxygen atoms in total. The Labute approximate surface area is 136 Å². The number of amides is 1. The quantitative estimate of drug-likeness (QED) is 0.865. The predicted octanol–water partition coefficient (Wildman–Crippen LogP) is 3.66. The van der Waals surface area contributed by atoms with Crippen LogP contribution in [0.5, 0.6) is 0 Å². The SMILES string of the molecule is CC1CC(N2CC(NC(=O)OC(C)(C)C)CC(C(C)C)C2)C1. The van der Waals surface area contributed by atoms with Gasteiger partial charge in [-0.15, -0.1) is 0 Å². The molecular weight excluding hydrogens is 276 g/mol. The van der Waals surface area contributed by atoms with Gasteiger partial charge in [0.1, 0.15) is 5.60 Å². The molecule has 0 aromatic heterocycles. The zero-order valence-corrected chi connectivity index (χ0v) is 15.2. The van der Waals surface area contributed by atoms with Crippen molar-refractivity contribution in [3.63, 3.8) is 0 Å². The number of rotatable bonds is 3. The molecule has 2 atom stereocenters.